The molecule has 7 nitrogen and oxygen atoms in total. The number of aliphatic imine (C=N–C) groups is 1. The number of amides is 2. The van der Waals surface area contributed by atoms with Gasteiger partial charge in [-0.25, -0.2) is 4.98 Å². The minimum atomic E-state index is -0.191. The smallest absolute Gasteiger partial charge is 0.261 e. The van der Waals surface area contributed by atoms with Crippen molar-refractivity contribution < 1.29 is 9.59 Å². The summed E-state index contributed by atoms with van der Waals surface area (Å²) in [7, 11) is 1.74. The van der Waals surface area contributed by atoms with Gasteiger partial charge in [0.05, 0.1) is 16.1 Å². The molecule has 1 aromatic heterocycles. The number of hydrogen-bond donors (Lipinski definition) is 2. The molecular formula is C20H26IN5O2S. The first-order valence-corrected chi connectivity index (χ1v) is 10.2. The summed E-state index contributed by atoms with van der Waals surface area (Å²) in [5, 5.41) is 7.64. The highest BCUT2D eigenvalue weighted by Crippen LogP contribution is 2.22. The van der Waals surface area contributed by atoms with Gasteiger partial charge in [-0.2, -0.15) is 0 Å². The molecule has 1 aliphatic heterocycles. The molecule has 0 atom stereocenters. The van der Waals surface area contributed by atoms with Gasteiger partial charge < -0.3 is 10.6 Å². The van der Waals surface area contributed by atoms with E-state index in [0.29, 0.717) is 17.7 Å². The van der Waals surface area contributed by atoms with Gasteiger partial charge in [0.1, 0.15) is 0 Å². The maximum absolute atomic E-state index is 12.3. The fourth-order valence-electron chi connectivity index (χ4n) is 3.07. The molecule has 2 amide bonds. The van der Waals surface area contributed by atoms with Crippen molar-refractivity contribution in [1.29, 1.82) is 0 Å². The second-order valence-electron chi connectivity index (χ2n) is 6.56. The van der Waals surface area contributed by atoms with Gasteiger partial charge in [0, 0.05) is 44.2 Å². The third kappa shape index (κ3) is 5.99. The minimum absolute atomic E-state index is 0. The van der Waals surface area contributed by atoms with Crippen LogP contribution < -0.4 is 10.6 Å². The molecule has 156 valence electrons. The van der Waals surface area contributed by atoms with E-state index < -0.39 is 0 Å². The Bertz CT molecular complexity index is 848. The van der Waals surface area contributed by atoms with Gasteiger partial charge in [-0.3, -0.25) is 19.5 Å². The number of nitrogens with zero attached hydrogens (tertiary/aromatic N) is 3. The lowest BCUT2D eigenvalue weighted by molar-refractivity contribution is 0.0652. The van der Waals surface area contributed by atoms with Crippen molar-refractivity contribution in [1.82, 2.24) is 20.5 Å². The molecule has 2 N–H and O–H groups in total. The van der Waals surface area contributed by atoms with Crippen molar-refractivity contribution in [2.75, 3.05) is 26.7 Å². The molecule has 0 unspecified atom stereocenters. The zero-order valence-electron chi connectivity index (χ0n) is 16.6. The monoisotopic (exact) mass is 527 g/mol. The highest BCUT2D eigenvalue weighted by atomic mass is 127. The number of aromatic nitrogens is 1. The summed E-state index contributed by atoms with van der Waals surface area (Å²) in [4.78, 5) is 35.8. The number of imide groups is 1. The highest BCUT2D eigenvalue weighted by Gasteiger charge is 2.34. The Hall–Kier alpha value is -2.01. The quantitative estimate of drug-likeness (QED) is 0.181. The van der Waals surface area contributed by atoms with Crippen LogP contribution in [0.15, 0.2) is 35.5 Å². The lowest BCUT2D eigenvalue weighted by Crippen LogP contribution is -2.39. The van der Waals surface area contributed by atoms with Gasteiger partial charge >= 0.3 is 0 Å². The molecule has 0 radical (unpaired) electrons. The number of carbonyl (C=O) groups is 2. The number of carbonyl (C=O) groups excluding carboxylic acids is 2. The molecular weight excluding hydrogens is 501 g/mol. The summed E-state index contributed by atoms with van der Waals surface area (Å²) >= 11 is 1.71. The molecule has 0 aliphatic carbocycles. The van der Waals surface area contributed by atoms with Crippen LogP contribution in [-0.4, -0.2) is 54.3 Å². The van der Waals surface area contributed by atoms with E-state index >= 15 is 0 Å². The van der Waals surface area contributed by atoms with E-state index in [2.05, 4.69) is 27.5 Å². The van der Waals surface area contributed by atoms with Crippen LogP contribution in [0.3, 0.4) is 0 Å². The molecule has 1 aromatic carbocycles. The summed E-state index contributed by atoms with van der Waals surface area (Å²) in [6.07, 6.45) is 4.33. The number of thiazole rings is 1. The van der Waals surface area contributed by atoms with Gasteiger partial charge in [0.15, 0.2) is 5.96 Å². The van der Waals surface area contributed by atoms with Crippen molar-refractivity contribution in [3.63, 3.8) is 0 Å². The first-order chi connectivity index (χ1) is 13.6. The van der Waals surface area contributed by atoms with Crippen LogP contribution in [-0.2, 0) is 6.42 Å². The second kappa shape index (κ2) is 11.2. The van der Waals surface area contributed by atoms with E-state index in [1.165, 1.54) is 9.78 Å². The van der Waals surface area contributed by atoms with Crippen LogP contribution in [0.1, 0.15) is 43.4 Å². The van der Waals surface area contributed by atoms with Gasteiger partial charge in [-0.1, -0.05) is 12.1 Å². The molecule has 1 aliphatic rings. The van der Waals surface area contributed by atoms with Gasteiger partial charge in [-0.05, 0) is 31.9 Å². The molecule has 0 fully saturated rings. The first-order valence-electron chi connectivity index (χ1n) is 9.41. The van der Waals surface area contributed by atoms with Crippen molar-refractivity contribution in [3.05, 3.63) is 51.5 Å². The first kappa shape index (κ1) is 23.3. The molecule has 0 saturated heterocycles. The van der Waals surface area contributed by atoms with Crippen molar-refractivity contribution in [2.45, 2.75) is 26.2 Å². The molecule has 0 spiro atoms. The number of halogens is 1. The lowest BCUT2D eigenvalue weighted by atomic mass is 10.1. The Labute approximate surface area is 192 Å². The molecule has 0 bridgehead atoms. The summed E-state index contributed by atoms with van der Waals surface area (Å²) in [5.41, 5.74) is 1.01. The topological polar surface area (TPSA) is 86.7 Å². The number of fused-ring (bicyclic) bond motifs is 1. The zero-order valence-corrected chi connectivity index (χ0v) is 19.8. The lowest BCUT2D eigenvalue weighted by Gasteiger charge is -2.14. The maximum atomic E-state index is 12.3. The van der Waals surface area contributed by atoms with Gasteiger partial charge in [0.25, 0.3) is 11.8 Å². The van der Waals surface area contributed by atoms with Crippen LogP contribution in [0.2, 0.25) is 0 Å². The number of hydrogen-bond acceptors (Lipinski definition) is 5. The Morgan fingerprint density at radius 2 is 1.76 bits per heavy atom. The summed E-state index contributed by atoms with van der Waals surface area (Å²) < 4.78 is 0. The van der Waals surface area contributed by atoms with Gasteiger partial charge in [0.2, 0.25) is 0 Å². The standard InChI is InChI=1S/C20H25N5O2S.HI/c1-14-13-24-17(28-14)9-11-23-20(21-2)22-10-5-6-12-25-18(26)15-7-3-4-8-16(15)19(25)27;/h3-4,7-8,13H,5-6,9-12H2,1-2H3,(H2,21,22,23);1H. The van der Waals surface area contributed by atoms with Crippen LogP contribution in [0.25, 0.3) is 0 Å². The van der Waals surface area contributed by atoms with Crippen LogP contribution >= 0.6 is 35.3 Å². The molecule has 29 heavy (non-hydrogen) atoms. The highest BCUT2D eigenvalue weighted by molar-refractivity contribution is 14.0. The number of guanidine groups is 1. The molecule has 2 aromatic rings. The third-order valence-electron chi connectivity index (χ3n) is 4.50. The molecule has 9 heteroatoms. The Morgan fingerprint density at radius 1 is 1.10 bits per heavy atom. The number of benzene rings is 1. The Balaban J connectivity index is 0.00000300. The van der Waals surface area contributed by atoms with E-state index in [4.69, 9.17) is 0 Å². The van der Waals surface area contributed by atoms with E-state index in [-0.39, 0.29) is 35.8 Å². The number of rotatable bonds is 8. The van der Waals surface area contributed by atoms with E-state index in [1.54, 1.807) is 42.6 Å². The van der Waals surface area contributed by atoms with E-state index in [1.807, 2.05) is 6.20 Å². The Kier molecular flexibility index (Phi) is 9.02. The second-order valence-corrected chi connectivity index (χ2v) is 7.87. The van der Waals surface area contributed by atoms with Crippen molar-refractivity contribution in [3.8, 4) is 0 Å². The van der Waals surface area contributed by atoms with Gasteiger partial charge in [-0.15, -0.1) is 35.3 Å². The minimum Gasteiger partial charge on any atom is -0.356 e. The predicted molar refractivity (Wildman–Crippen MR) is 126 cm³/mol. The molecule has 2 heterocycles. The van der Waals surface area contributed by atoms with Crippen LogP contribution in [0, 0.1) is 6.92 Å². The normalized spacial score (nSPS) is 13.3. The number of nitrogens with one attached hydrogen (secondary N) is 2. The summed E-state index contributed by atoms with van der Waals surface area (Å²) in [5.74, 6) is 0.362. The largest absolute Gasteiger partial charge is 0.356 e. The fourth-order valence-corrected chi connectivity index (χ4v) is 3.86. The zero-order chi connectivity index (χ0) is 19.9. The summed E-state index contributed by atoms with van der Waals surface area (Å²) in [6.45, 7) is 3.97. The maximum Gasteiger partial charge on any atom is 0.261 e. The Morgan fingerprint density at radius 3 is 2.34 bits per heavy atom. The average molecular weight is 527 g/mol. The van der Waals surface area contributed by atoms with Crippen LogP contribution in [0.5, 0.6) is 0 Å². The van der Waals surface area contributed by atoms with Crippen LogP contribution in [0.4, 0.5) is 0 Å². The fraction of sp³-hybridized carbons (Fsp3) is 0.400. The van der Waals surface area contributed by atoms with Crippen molar-refractivity contribution in [2.24, 2.45) is 4.99 Å². The molecule has 3 rings (SSSR count). The third-order valence-corrected chi connectivity index (χ3v) is 5.48. The van der Waals surface area contributed by atoms with Crippen molar-refractivity contribution >= 4 is 53.1 Å². The SMILES string of the molecule is CN=C(NCCCCN1C(=O)c2ccccc2C1=O)NCCc1ncc(C)s1.I. The predicted octanol–water partition coefficient (Wildman–Crippen LogP) is 2.85. The number of aryl methyl sites for hydroxylation is 1. The average Bonchev–Trinajstić information content (AvgIpc) is 3.22. The molecule has 0 saturated carbocycles. The number of unbranched alkanes of at least 4 members (excludes halogenated alkanes) is 1. The van der Waals surface area contributed by atoms with E-state index in [0.717, 1.165) is 43.3 Å². The van der Waals surface area contributed by atoms with E-state index in [9.17, 15) is 9.59 Å². The summed E-state index contributed by atoms with van der Waals surface area (Å²) in [6, 6.07) is 6.98.